The molecule has 2 heterocycles. The smallest absolute Gasteiger partial charge is 0.335 e. The third kappa shape index (κ3) is 1.86. The summed E-state index contributed by atoms with van der Waals surface area (Å²) in [5, 5.41) is 16.8. The van der Waals surface area contributed by atoms with Gasteiger partial charge in [-0.05, 0) is 24.3 Å². The lowest BCUT2D eigenvalue weighted by atomic mass is 10.2. The van der Waals surface area contributed by atoms with Crippen molar-refractivity contribution in [3.63, 3.8) is 0 Å². The van der Waals surface area contributed by atoms with Crippen molar-refractivity contribution in [2.24, 2.45) is 0 Å². The first-order valence-corrected chi connectivity index (χ1v) is 5.51. The molecule has 20 heavy (non-hydrogen) atoms. The minimum Gasteiger partial charge on any atom is -0.478 e. The first-order valence-electron chi connectivity index (χ1n) is 5.51. The van der Waals surface area contributed by atoms with Crippen LogP contribution < -0.4 is 11.3 Å². The van der Waals surface area contributed by atoms with E-state index in [4.69, 9.17) is 10.8 Å². The second-order valence-electron chi connectivity index (χ2n) is 3.96. The van der Waals surface area contributed by atoms with E-state index in [1.54, 1.807) is 0 Å². The number of rotatable bonds is 2. The van der Waals surface area contributed by atoms with E-state index in [1.165, 1.54) is 29.1 Å². The first kappa shape index (κ1) is 11.8. The van der Waals surface area contributed by atoms with Gasteiger partial charge in [0.1, 0.15) is 0 Å². The van der Waals surface area contributed by atoms with Gasteiger partial charge in [-0.1, -0.05) is 0 Å². The summed E-state index contributed by atoms with van der Waals surface area (Å²) >= 11 is 0. The standard InChI is InChI=1S/C11H8N6O3/c12-11-13-8-7(9(18)14-11)15-17(16-8)6-3-1-5(2-4-6)10(19)20/h1-4H,(H,19,20)(H3,12,13,14,16,18). The van der Waals surface area contributed by atoms with E-state index in [0.29, 0.717) is 5.69 Å². The molecule has 4 N–H and O–H groups in total. The molecule has 0 saturated heterocycles. The predicted molar refractivity (Wildman–Crippen MR) is 68.7 cm³/mol. The fraction of sp³-hybridized carbons (Fsp3) is 0. The minimum absolute atomic E-state index is 0.0456. The summed E-state index contributed by atoms with van der Waals surface area (Å²) in [6, 6.07) is 5.88. The Morgan fingerprint density at radius 1 is 1.25 bits per heavy atom. The van der Waals surface area contributed by atoms with Crippen LogP contribution in [0.2, 0.25) is 0 Å². The Kier molecular flexibility index (Phi) is 2.46. The van der Waals surface area contributed by atoms with Gasteiger partial charge < -0.3 is 10.8 Å². The van der Waals surface area contributed by atoms with E-state index >= 15 is 0 Å². The number of aromatic amines is 1. The molecule has 1 aromatic carbocycles. The number of hydrogen-bond acceptors (Lipinski definition) is 6. The van der Waals surface area contributed by atoms with E-state index in [9.17, 15) is 9.59 Å². The number of carbonyl (C=O) groups is 1. The van der Waals surface area contributed by atoms with Gasteiger partial charge in [-0.3, -0.25) is 9.78 Å². The molecule has 0 fully saturated rings. The lowest BCUT2D eigenvalue weighted by Crippen LogP contribution is -2.11. The van der Waals surface area contributed by atoms with Gasteiger partial charge in [0, 0.05) is 0 Å². The highest BCUT2D eigenvalue weighted by Gasteiger charge is 2.11. The van der Waals surface area contributed by atoms with Crippen LogP contribution in [0.5, 0.6) is 0 Å². The molecule has 0 amide bonds. The lowest BCUT2D eigenvalue weighted by molar-refractivity contribution is 0.0697. The lowest BCUT2D eigenvalue weighted by Gasteiger charge is -1.99. The average molecular weight is 272 g/mol. The van der Waals surface area contributed by atoms with Crippen LogP contribution in [0.3, 0.4) is 0 Å². The van der Waals surface area contributed by atoms with E-state index in [2.05, 4.69) is 20.2 Å². The summed E-state index contributed by atoms with van der Waals surface area (Å²) in [5.74, 6) is -1.07. The van der Waals surface area contributed by atoms with Gasteiger partial charge in [0.25, 0.3) is 5.56 Å². The first-order chi connectivity index (χ1) is 9.54. The Labute approximate surface area is 110 Å². The monoisotopic (exact) mass is 272 g/mol. The van der Waals surface area contributed by atoms with Gasteiger partial charge in [-0.2, -0.15) is 4.98 Å². The van der Waals surface area contributed by atoms with Gasteiger partial charge in [0.15, 0.2) is 5.52 Å². The number of nitrogens with zero attached hydrogens (tertiary/aromatic N) is 4. The maximum Gasteiger partial charge on any atom is 0.335 e. The van der Waals surface area contributed by atoms with Crippen LogP contribution in [0.1, 0.15) is 10.4 Å². The number of hydrogen-bond donors (Lipinski definition) is 3. The van der Waals surface area contributed by atoms with E-state index in [-0.39, 0.29) is 22.7 Å². The van der Waals surface area contributed by atoms with Gasteiger partial charge in [0.05, 0.1) is 11.3 Å². The molecule has 3 rings (SSSR count). The number of benzene rings is 1. The number of fused-ring (bicyclic) bond motifs is 1. The summed E-state index contributed by atoms with van der Waals surface area (Å²) in [4.78, 5) is 29.8. The number of nitrogens with one attached hydrogen (secondary N) is 1. The van der Waals surface area contributed by atoms with E-state index in [0.717, 1.165) is 0 Å². The van der Waals surface area contributed by atoms with Gasteiger partial charge in [-0.15, -0.1) is 15.0 Å². The van der Waals surface area contributed by atoms with Crippen molar-refractivity contribution in [1.82, 2.24) is 25.0 Å². The van der Waals surface area contributed by atoms with Crippen molar-refractivity contribution >= 4 is 23.1 Å². The second-order valence-corrected chi connectivity index (χ2v) is 3.96. The zero-order valence-corrected chi connectivity index (χ0v) is 9.94. The summed E-state index contributed by atoms with van der Waals surface area (Å²) in [5.41, 5.74) is 5.76. The van der Waals surface area contributed by atoms with Crippen molar-refractivity contribution in [3.05, 3.63) is 40.2 Å². The molecule has 2 aromatic heterocycles. The molecule has 0 radical (unpaired) electrons. The molecule has 9 heteroatoms. The molecule has 100 valence electrons. The zero-order valence-electron chi connectivity index (χ0n) is 9.94. The minimum atomic E-state index is -1.03. The molecule has 0 saturated carbocycles. The summed E-state index contributed by atoms with van der Waals surface area (Å²) in [7, 11) is 0. The SMILES string of the molecule is Nc1nc2nn(-c3ccc(C(=O)O)cc3)nc2c(=O)[nH]1. The van der Waals surface area contributed by atoms with Gasteiger partial charge in [0.2, 0.25) is 11.6 Å². The van der Waals surface area contributed by atoms with Crippen molar-refractivity contribution in [3.8, 4) is 5.69 Å². The topological polar surface area (TPSA) is 140 Å². The van der Waals surface area contributed by atoms with Crippen LogP contribution in [-0.4, -0.2) is 36.0 Å². The third-order valence-corrected chi connectivity index (χ3v) is 2.62. The van der Waals surface area contributed by atoms with Crippen molar-refractivity contribution < 1.29 is 9.90 Å². The van der Waals surface area contributed by atoms with Gasteiger partial charge in [-0.25, -0.2) is 4.79 Å². The molecule has 0 aliphatic heterocycles. The van der Waals surface area contributed by atoms with E-state index < -0.39 is 11.5 Å². The highest BCUT2D eigenvalue weighted by Crippen LogP contribution is 2.10. The zero-order chi connectivity index (χ0) is 14.3. The number of carboxylic acids is 1. The molecule has 0 unspecified atom stereocenters. The normalized spacial score (nSPS) is 10.8. The third-order valence-electron chi connectivity index (χ3n) is 2.62. The maximum absolute atomic E-state index is 11.6. The summed E-state index contributed by atoms with van der Waals surface area (Å²) < 4.78 is 0. The van der Waals surface area contributed by atoms with Crippen LogP contribution in [0.15, 0.2) is 29.1 Å². The molecular weight excluding hydrogens is 264 g/mol. The Morgan fingerprint density at radius 3 is 2.60 bits per heavy atom. The fourth-order valence-electron chi connectivity index (χ4n) is 1.69. The molecule has 0 atom stereocenters. The average Bonchev–Trinajstić information content (AvgIpc) is 2.83. The number of nitrogen functional groups attached to an aromatic ring is 1. The number of aromatic carboxylic acids is 1. The Bertz CT molecular complexity index is 864. The van der Waals surface area contributed by atoms with Gasteiger partial charge >= 0.3 is 5.97 Å². The number of carboxylic acid groups (broad SMARTS) is 1. The number of nitrogens with two attached hydrogens (primary N) is 1. The van der Waals surface area contributed by atoms with Crippen LogP contribution in [0.4, 0.5) is 5.95 Å². The molecule has 3 aromatic rings. The quantitative estimate of drug-likeness (QED) is 0.586. The van der Waals surface area contributed by atoms with Crippen LogP contribution in [-0.2, 0) is 0 Å². The predicted octanol–water partition coefficient (Wildman–Crippen LogP) is -0.216. The summed E-state index contributed by atoms with van der Waals surface area (Å²) in [6.07, 6.45) is 0. The molecular formula is C11H8N6O3. The fourth-order valence-corrected chi connectivity index (χ4v) is 1.69. The number of H-pyrrole nitrogens is 1. The van der Waals surface area contributed by atoms with Crippen molar-refractivity contribution in [2.75, 3.05) is 5.73 Å². The largest absolute Gasteiger partial charge is 0.478 e. The van der Waals surface area contributed by atoms with Crippen LogP contribution in [0, 0.1) is 0 Å². The summed E-state index contributed by atoms with van der Waals surface area (Å²) in [6.45, 7) is 0. The molecule has 0 bridgehead atoms. The van der Waals surface area contributed by atoms with E-state index in [1.807, 2.05) is 0 Å². The number of anilines is 1. The second kappa shape index (κ2) is 4.16. The maximum atomic E-state index is 11.6. The Hall–Kier alpha value is -3.23. The molecule has 0 aliphatic carbocycles. The van der Waals surface area contributed by atoms with Crippen LogP contribution in [0.25, 0.3) is 16.9 Å². The van der Waals surface area contributed by atoms with Crippen molar-refractivity contribution in [2.45, 2.75) is 0 Å². The molecule has 0 aliphatic rings. The van der Waals surface area contributed by atoms with Crippen molar-refractivity contribution in [1.29, 1.82) is 0 Å². The molecule has 9 nitrogen and oxygen atoms in total. The number of aromatic nitrogens is 5. The Balaban J connectivity index is 2.12. The highest BCUT2D eigenvalue weighted by molar-refractivity contribution is 5.87. The molecule has 0 spiro atoms. The van der Waals surface area contributed by atoms with Crippen LogP contribution >= 0.6 is 0 Å². The Morgan fingerprint density at radius 2 is 1.95 bits per heavy atom. The highest BCUT2D eigenvalue weighted by atomic mass is 16.4.